The van der Waals surface area contributed by atoms with Gasteiger partial charge < -0.3 is 21.7 Å². The quantitative estimate of drug-likeness (QED) is 0.551. The lowest BCUT2D eigenvalue weighted by Crippen LogP contribution is -2.39. The van der Waals surface area contributed by atoms with Crippen LogP contribution in [-0.2, 0) is 20.9 Å². The van der Waals surface area contributed by atoms with Crippen molar-refractivity contribution in [3.63, 3.8) is 0 Å². The maximum Gasteiger partial charge on any atom is 0.239 e. The molecule has 1 aromatic rings. The summed E-state index contributed by atoms with van der Waals surface area (Å²) in [6.45, 7) is 4.02. The molecule has 0 aliphatic carbocycles. The molecule has 0 fully saturated rings. The molecule has 1 aromatic carbocycles. The van der Waals surface area contributed by atoms with Crippen LogP contribution in [0, 0.1) is 5.92 Å². The fourth-order valence-electron chi connectivity index (χ4n) is 1.86. The van der Waals surface area contributed by atoms with Crippen LogP contribution in [0.25, 0.3) is 0 Å². The third-order valence-corrected chi connectivity index (χ3v) is 2.93. The van der Waals surface area contributed by atoms with E-state index in [4.69, 9.17) is 5.73 Å². The van der Waals surface area contributed by atoms with Gasteiger partial charge in [-0.2, -0.15) is 0 Å². The minimum Gasteiger partial charge on any atom is -0.350 e. The number of hydrogen-bond donors (Lipinski definition) is 4. The summed E-state index contributed by atoms with van der Waals surface area (Å²) in [4.78, 5) is 34.3. The zero-order valence-electron chi connectivity index (χ0n) is 13.9. The zero-order valence-corrected chi connectivity index (χ0v) is 14.7. The first kappa shape index (κ1) is 21.9. The zero-order chi connectivity index (χ0) is 17.2. The minimum absolute atomic E-state index is 0. The Hall–Kier alpha value is -2.12. The van der Waals surface area contributed by atoms with E-state index in [-0.39, 0.29) is 43.2 Å². The van der Waals surface area contributed by atoms with Gasteiger partial charge in [0.25, 0.3) is 0 Å². The smallest absolute Gasteiger partial charge is 0.239 e. The van der Waals surface area contributed by atoms with E-state index in [0.717, 1.165) is 5.56 Å². The Balaban J connectivity index is 0.00000529. The number of halogens is 1. The Morgan fingerprint density at radius 1 is 1.08 bits per heavy atom. The summed E-state index contributed by atoms with van der Waals surface area (Å²) in [6, 6.07) is 7.25. The molecule has 0 atom stereocenters. The second-order valence-electron chi connectivity index (χ2n) is 5.60. The first-order valence-corrected chi connectivity index (χ1v) is 7.53. The molecule has 0 bridgehead atoms. The van der Waals surface area contributed by atoms with Crippen molar-refractivity contribution in [2.24, 2.45) is 11.7 Å². The van der Waals surface area contributed by atoms with Crippen molar-refractivity contribution in [2.45, 2.75) is 26.8 Å². The van der Waals surface area contributed by atoms with E-state index < -0.39 is 0 Å². The van der Waals surface area contributed by atoms with Gasteiger partial charge in [-0.05, 0) is 23.6 Å². The SMILES string of the molecule is CC(C)CC(=O)Nc1cccc(CNC(=O)CNC(=O)CN)c1.Cl. The van der Waals surface area contributed by atoms with Gasteiger partial charge in [0, 0.05) is 18.7 Å². The first-order valence-electron chi connectivity index (χ1n) is 7.53. The number of carbonyl (C=O) groups excluding carboxylic acids is 3. The molecule has 0 aliphatic rings. The van der Waals surface area contributed by atoms with E-state index in [1.165, 1.54) is 0 Å². The van der Waals surface area contributed by atoms with Gasteiger partial charge in [-0.3, -0.25) is 14.4 Å². The maximum absolute atomic E-state index is 11.7. The van der Waals surface area contributed by atoms with Crippen molar-refractivity contribution in [2.75, 3.05) is 18.4 Å². The fourth-order valence-corrected chi connectivity index (χ4v) is 1.86. The molecule has 24 heavy (non-hydrogen) atoms. The fraction of sp³-hybridized carbons (Fsp3) is 0.438. The number of benzene rings is 1. The second-order valence-corrected chi connectivity index (χ2v) is 5.60. The van der Waals surface area contributed by atoms with Gasteiger partial charge in [0.1, 0.15) is 0 Å². The highest BCUT2D eigenvalue weighted by Crippen LogP contribution is 2.12. The number of hydrogen-bond acceptors (Lipinski definition) is 4. The molecule has 3 amide bonds. The standard InChI is InChI=1S/C16H24N4O3.ClH/c1-11(2)6-14(21)20-13-5-3-4-12(7-13)9-18-16(23)10-19-15(22)8-17;/h3-5,7,11H,6,8-10,17H2,1-2H3,(H,18,23)(H,19,22)(H,20,21);1H. The average Bonchev–Trinajstić information content (AvgIpc) is 2.50. The number of amides is 3. The Bertz CT molecular complexity index is 564. The molecule has 0 aromatic heterocycles. The topological polar surface area (TPSA) is 113 Å². The van der Waals surface area contributed by atoms with E-state index in [9.17, 15) is 14.4 Å². The highest BCUT2D eigenvalue weighted by atomic mass is 35.5. The van der Waals surface area contributed by atoms with Crippen LogP contribution < -0.4 is 21.7 Å². The summed E-state index contributed by atoms with van der Waals surface area (Å²) in [5.74, 6) is -0.428. The summed E-state index contributed by atoms with van der Waals surface area (Å²) >= 11 is 0. The van der Waals surface area contributed by atoms with Crippen molar-refractivity contribution in [3.8, 4) is 0 Å². The molecule has 0 spiro atoms. The van der Waals surface area contributed by atoms with Crippen LogP contribution in [0.4, 0.5) is 5.69 Å². The second kappa shape index (κ2) is 11.4. The monoisotopic (exact) mass is 356 g/mol. The number of nitrogens with two attached hydrogens (primary N) is 1. The lowest BCUT2D eigenvalue weighted by molar-refractivity contribution is -0.125. The molecule has 0 heterocycles. The van der Waals surface area contributed by atoms with E-state index in [0.29, 0.717) is 24.6 Å². The third-order valence-electron chi connectivity index (χ3n) is 2.93. The first-order chi connectivity index (χ1) is 10.9. The van der Waals surface area contributed by atoms with Crippen LogP contribution >= 0.6 is 12.4 Å². The lowest BCUT2D eigenvalue weighted by atomic mass is 10.1. The molecular weight excluding hydrogens is 332 g/mol. The summed E-state index contributed by atoms with van der Waals surface area (Å²) in [5.41, 5.74) is 6.68. The molecular formula is C16H25ClN4O3. The predicted molar refractivity (Wildman–Crippen MR) is 95.7 cm³/mol. The summed E-state index contributed by atoms with van der Waals surface area (Å²) in [7, 11) is 0. The van der Waals surface area contributed by atoms with Gasteiger partial charge in [-0.25, -0.2) is 0 Å². The van der Waals surface area contributed by atoms with E-state index in [1.807, 2.05) is 26.0 Å². The van der Waals surface area contributed by atoms with Crippen molar-refractivity contribution >= 4 is 35.8 Å². The van der Waals surface area contributed by atoms with Gasteiger partial charge in [0.15, 0.2) is 0 Å². The van der Waals surface area contributed by atoms with Gasteiger partial charge in [-0.15, -0.1) is 12.4 Å². The summed E-state index contributed by atoms with van der Waals surface area (Å²) in [6.07, 6.45) is 0.460. The maximum atomic E-state index is 11.7. The van der Waals surface area contributed by atoms with Crippen molar-refractivity contribution in [1.29, 1.82) is 0 Å². The van der Waals surface area contributed by atoms with E-state index in [2.05, 4.69) is 16.0 Å². The van der Waals surface area contributed by atoms with Crippen LogP contribution in [0.5, 0.6) is 0 Å². The highest BCUT2D eigenvalue weighted by Gasteiger charge is 2.07. The highest BCUT2D eigenvalue weighted by molar-refractivity contribution is 5.91. The number of anilines is 1. The number of carbonyl (C=O) groups is 3. The van der Waals surface area contributed by atoms with Crippen molar-refractivity contribution in [1.82, 2.24) is 10.6 Å². The summed E-state index contributed by atoms with van der Waals surface area (Å²) < 4.78 is 0. The molecule has 8 heteroatoms. The molecule has 0 saturated heterocycles. The van der Waals surface area contributed by atoms with Crippen LogP contribution in [0.3, 0.4) is 0 Å². The van der Waals surface area contributed by atoms with Gasteiger partial charge in [-0.1, -0.05) is 26.0 Å². The van der Waals surface area contributed by atoms with Gasteiger partial charge in [0.2, 0.25) is 17.7 Å². The molecule has 134 valence electrons. The predicted octanol–water partition coefficient (Wildman–Crippen LogP) is 0.784. The minimum atomic E-state index is -0.380. The molecule has 5 N–H and O–H groups in total. The lowest BCUT2D eigenvalue weighted by Gasteiger charge is -2.10. The molecule has 1 rings (SSSR count). The molecule has 7 nitrogen and oxygen atoms in total. The Kier molecular flexibility index (Phi) is 10.4. The Labute approximate surface area is 148 Å². The number of nitrogens with one attached hydrogen (secondary N) is 3. The Morgan fingerprint density at radius 2 is 1.79 bits per heavy atom. The van der Waals surface area contributed by atoms with Gasteiger partial charge in [0.05, 0.1) is 13.1 Å². The average molecular weight is 357 g/mol. The largest absolute Gasteiger partial charge is 0.350 e. The van der Waals surface area contributed by atoms with Crippen LogP contribution in [0.15, 0.2) is 24.3 Å². The van der Waals surface area contributed by atoms with Crippen LogP contribution in [0.2, 0.25) is 0 Å². The van der Waals surface area contributed by atoms with E-state index >= 15 is 0 Å². The van der Waals surface area contributed by atoms with Crippen LogP contribution in [-0.4, -0.2) is 30.8 Å². The number of rotatable bonds is 8. The normalized spacial score (nSPS) is 9.83. The van der Waals surface area contributed by atoms with Crippen LogP contribution in [0.1, 0.15) is 25.8 Å². The molecule has 0 unspecified atom stereocenters. The Morgan fingerprint density at radius 3 is 2.42 bits per heavy atom. The summed E-state index contributed by atoms with van der Waals surface area (Å²) in [5, 5.41) is 7.90. The van der Waals surface area contributed by atoms with Crippen molar-refractivity contribution in [3.05, 3.63) is 29.8 Å². The molecule has 0 aliphatic heterocycles. The third kappa shape index (κ3) is 9.12. The van der Waals surface area contributed by atoms with Crippen molar-refractivity contribution < 1.29 is 14.4 Å². The van der Waals surface area contributed by atoms with Gasteiger partial charge >= 0.3 is 0 Å². The molecule has 0 radical (unpaired) electrons. The molecule has 0 saturated carbocycles. The van der Waals surface area contributed by atoms with E-state index in [1.54, 1.807) is 12.1 Å².